The summed E-state index contributed by atoms with van der Waals surface area (Å²) in [6.45, 7) is -2.06. The van der Waals surface area contributed by atoms with Gasteiger partial charge in [0.25, 0.3) is 0 Å². The molecule has 0 fully saturated rings. The lowest BCUT2D eigenvalue weighted by molar-refractivity contribution is -0.0498. The van der Waals surface area contributed by atoms with Crippen LogP contribution < -0.4 is 15.4 Å². The van der Waals surface area contributed by atoms with Crippen LogP contribution in [0.1, 0.15) is 11.6 Å². The molecule has 0 unspecified atom stereocenters. The summed E-state index contributed by atoms with van der Waals surface area (Å²) in [5.74, 6) is 0.106. The van der Waals surface area contributed by atoms with Crippen LogP contribution in [0.15, 0.2) is 54.6 Å². The topological polar surface area (TPSA) is 36.5 Å². The van der Waals surface area contributed by atoms with E-state index >= 15 is 0 Å². The molecule has 0 amide bonds. The van der Waals surface area contributed by atoms with Crippen molar-refractivity contribution >= 4 is 23.0 Å². The normalized spacial score (nSPS) is 12.1. The van der Waals surface area contributed by atoms with Crippen molar-refractivity contribution in [2.24, 2.45) is 0 Å². The second-order valence-corrected chi connectivity index (χ2v) is 6.14. The number of thiocarbonyl (C=S) groups is 1. The van der Waals surface area contributed by atoms with Crippen LogP contribution in [-0.2, 0) is 0 Å². The summed E-state index contributed by atoms with van der Waals surface area (Å²) in [6, 6.07) is 16.2. The van der Waals surface area contributed by atoms with Crippen molar-refractivity contribution in [3.63, 3.8) is 0 Å². The Morgan fingerprint density at radius 3 is 2.28 bits per heavy atom. The molecule has 4 nitrogen and oxygen atoms in total. The maximum atomic E-state index is 12.2. The van der Waals surface area contributed by atoms with E-state index in [1.165, 1.54) is 12.1 Å². The highest BCUT2D eigenvalue weighted by atomic mass is 32.1. The van der Waals surface area contributed by atoms with Gasteiger partial charge in [0.05, 0.1) is 6.04 Å². The van der Waals surface area contributed by atoms with Gasteiger partial charge in [-0.1, -0.05) is 30.3 Å². The Bertz CT molecular complexity index is 666. The van der Waals surface area contributed by atoms with Crippen molar-refractivity contribution in [3.05, 3.63) is 60.2 Å². The summed E-state index contributed by atoms with van der Waals surface area (Å²) in [4.78, 5) is 2.07. The number of alkyl halides is 2. The Kier molecular flexibility index (Phi) is 7.09. The van der Waals surface area contributed by atoms with Gasteiger partial charge in [0.1, 0.15) is 5.75 Å². The predicted octanol–water partition coefficient (Wildman–Crippen LogP) is 3.88. The number of halogens is 2. The number of anilines is 1. The highest BCUT2D eigenvalue weighted by Crippen LogP contribution is 2.18. The summed E-state index contributed by atoms with van der Waals surface area (Å²) < 4.78 is 28.7. The van der Waals surface area contributed by atoms with E-state index in [9.17, 15) is 8.78 Å². The fourth-order valence-corrected chi connectivity index (χ4v) is 2.59. The minimum absolute atomic E-state index is 0.0256. The average molecular weight is 365 g/mol. The first-order chi connectivity index (χ1) is 11.9. The molecule has 0 radical (unpaired) electrons. The first-order valence-electron chi connectivity index (χ1n) is 7.76. The van der Waals surface area contributed by atoms with E-state index in [4.69, 9.17) is 12.2 Å². The van der Waals surface area contributed by atoms with Crippen LogP contribution in [0.4, 0.5) is 14.5 Å². The molecular weight excluding hydrogens is 344 g/mol. The molecule has 2 N–H and O–H groups in total. The highest BCUT2D eigenvalue weighted by molar-refractivity contribution is 7.80. The van der Waals surface area contributed by atoms with E-state index in [1.54, 1.807) is 12.1 Å². The van der Waals surface area contributed by atoms with Crippen LogP contribution in [0.5, 0.6) is 5.75 Å². The predicted molar refractivity (Wildman–Crippen MR) is 100 cm³/mol. The molecule has 0 aliphatic rings. The quantitative estimate of drug-likeness (QED) is 0.729. The van der Waals surface area contributed by atoms with Gasteiger partial charge >= 0.3 is 6.61 Å². The van der Waals surface area contributed by atoms with Crippen molar-refractivity contribution in [1.82, 2.24) is 10.2 Å². The van der Waals surface area contributed by atoms with Crippen molar-refractivity contribution in [3.8, 4) is 5.75 Å². The van der Waals surface area contributed by atoms with Crippen LogP contribution >= 0.6 is 12.2 Å². The fraction of sp³-hybridized carbons (Fsp3) is 0.278. The lowest BCUT2D eigenvalue weighted by Gasteiger charge is -2.24. The smallest absolute Gasteiger partial charge is 0.387 e. The third-order valence-electron chi connectivity index (χ3n) is 3.39. The SMILES string of the molecule is CN(C)C[C@@H](NC(=S)Nc1ccc(OC(F)F)cc1)c1ccccc1. The van der Waals surface area contributed by atoms with E-state index in [-0.39, 0.29) is 11.8 Å². The number of benzene rings is 2. The van der Waals surface area contributed by atoms with E-state index in [0.29, 0.717) is 10.8 Å². The van der Waals surface area contributed by atoms with E-state index < -0.39 is 6.61 Å². The molecule has 25 heavy (non-hydrogen) atoms. The van der Waals surface area contributed by atoms with Crippen LogP contribution in [0.3, 0.4) is 0 Å². The fourth-order valence-electron chi connectivity index (χ4n) is 2.33. The number of hydrogen-bond acceptors (Lipinski definition) is 3. The van der Waals surface area contributed by atoms with Gasteiger partial charge in [0.2, 0.25) is 0 Å². The first kappa shape index (κ1) is 19.1. The Balaban J connectivity index is 1.98. The number of nitrogens with one attached hydrogen (secondary N) is 2. The lowest BCUT2D eigenvalue weighted by atomic mass is 10.1. The first-order valence-corrected chi connectivity index (χ1v) is 8.17. The molecule has 2 aromatic carbocycles. The molecule has 2 aromatic rings. The second kappa shape index (κ2) is 9.29. The number of ether oxygens (including phenoxy) is 1. The van der Waals surface area contributed by atoms with Crippen LogP contribution in [0.25, 0.3) is 0 Å². The van der Waals surface area contributed by atoms with Gasteiger partial charge in [-0.3, -0.25) is 0 Å². The van der Waals surface area contributed by atoms with E-state index in [2.05, 4.69) is 20.3 Å². The number of likely N-dealkylation sites (N-methyl/N-ethyl adjacent to an activating group) is 1. The van der Waals surface area contributed by atoms with Gasteiger partial charge in [-0.25, -0.2) is 0 Å². The van der Waals surface area contributed by atoms with Crippen LogP contribution in [0, 0.1) is 0 Å². The van der Waals surface area contributed by atoms with Crippen LogP contribution in [-0.4, -0.2) is 37.3 Å². The zero-order chi connectivity index (χ0) is 18.2. The zero-order valence-corrected chi connectivity index (χ0v) is 14.9. The minimum Gasteiger partial charge on any atom is -0.435 e. The summed E-state index contributed by atoms with van der Waals surface area (Å²) >= 11 is 5.38. The molecule has 0 saturated heterocycles. The molecule has 0 saturated carbocycles. The average Bonchev–Trinajstić information content (AvgIpc) is 2.56. The minimum atomic E-state index is -2.83. The molecule has 0 aromatic heterocycles. The molecule has 1 atom stereocenters. The molecule has 7 heteroatoms. The summed E-state index contributed by atoms with van der Waals surface area (Å²) in [5.41, 5.74) is 1.82. The van der Waals surface area contributed by atoms with E-state index in [0.717, 1.165) is 12.1 Å². The molecule has 134 valence electrons. The Labute approximate surface area is 151 Å². The summed E-state index contributed by atoms with van der Waals surface area (Å²) in [7, 11) is 3.99. The van der Waals surface area contributed by atoms with E-state index in [1.807, 2.05) is 44.4 Å². The second-order valence-electron chi connectivity index (χ2n) is 5.73. The van der Waals surface area contributed by atoms with Crippen molar-refractivity contribution in [1.29, 1.82) is 0 Å². The molecule has 0 spiro atoms. The number of hydrogen-bond donors (Lipinski definition) is 2. The van der Waals surface area contributed by atoms with Gasteiger partial charge in [-0.15, -0.1) is 0 Å². The van der Waals surface area contributed by atoms with Gasteiger partial charge in [0.15, 0.2) is 5.11 Å². The van der Waals surface area contributed by atoms with Crippen molar-refractivity contribution < 1.29 is 13.5 Å². The molecule has 0 bridgehead atoms. The van der Waals surface area contributed by atoms with Gasteiger partial charge in [-0.2, -0.15) is 8.78 Å². The van der Waals surface area contributed by atoms with Gasteiger partial charge in [0, 0.05) is 12.2 Å². The molecule has 0 aliphatic heterocycles. The maximum absolute atomic E-state index is 12.2. The highest BCUT2D eigenvalue weighted by Gasteiger charge is 2.13. The standard InChI is InChI=1S/C18H21F2N3OS/c1-23(2)12-16(13-6-4-3-5-7-13)22-18(25)21-14-8-10-15(11-9-14)24-17(19)20/h3-11,16-17H,12H2,1-2H3,(H2,21,22,25)/t16-/m1/s1. The number of nitrogens with zero attached hydrogens (tertiary/aromatic N) is 1. The molecular formula is C18H21F2N3OS. The van der Waals surface area contributed by atoms with Gasteiger partial charge in [-0.05, 0) is 56.1 Å². The zero-order valence-electron chi connectivity index (χ0n) is 14.1. The number of rotatable bonds is 7. The molecule has 0 aliphatic carbocycles. The van der Waals surface area contributed by atoms with Crippen molar-refractivity contribution in [2.75, 3.05) is 26.0 Å². The van der Waals surface area contributed by atoms with Gasteiger partial charge < -0.3 is 20.3 Å². The third kappa shape index (κ3) is 6.64. The monoisotopic (exact) mass is 365 g/mol. The molecule has 2 rings (SSSR count). The third-order valence-corrected chi connectivity index (χ3v) is 3.61. The maximum Gasteiger partial charge on any atom is 0.387 e. The molecule has 0 heterocycles. The summed E-state index contributed by atoms with van der Waals surface area (Å²) in [6.07, 6.45) is 0. The van der Waals surface area contributed by atoms with Crippen LogP contribution in [0.2, 0.25) is 0 Å². The van der Waals surface area contributed by atoms with Crippen molar-refractivity contribution in [2.45, 2.75) is 12.7 Å². The largest absolute Gasteiger partial charge is 0.435 e. The summed E-state index contributed by atoms with van der Waals surface area (Å²) in [5, 5.41) is 6.80. The Hall–Kier alpha value is -2.25. The Morgan fingerprint density at radius 2 is 1.72 bits per heavy atom. The lowest BCUT2D eigenvalue weighted by Crippen LogP contribution is -2.37. The Morgan fingerprint density at radius 1 is 1.08 bits per heavy atom.